The van der Waals surface area contributed by atoms with Gasteiger partial charge < -0.3 is 9.88 Å². The van der Waals surface area contributed by atoms with Crippen molar-refractivity contribution in [2.45, 2.75) is 31.3 Å². The third-order valence-corrected chi connectivity index (χ3v) is 6.09. The van der Waals surface area contributed by atoms with Crippen molar-refractivity contribution in [3.63, 3.8) is 0 Å². The predicted octanol–water partition coefficient (Wildman–Crippen LogP) is 4.05. The molecule has 1 N–H and O–H groups in total. The van der Waals surface area contributed by atoms with E-state index < -0.39 is 0 Å². The Balaban J connectivity index is 1.64. The number of aromatic nitrogens is 3. The van der Waals surface area contributed by atoms with Crippen molar-refractivity contribution >= 4 is 17.7 Å². The van der Waals surface area contributed by atoms with Crippen molar-refractivity contribution in [2.24, 2.45) is 13.0 Å². The van der Waals surface area contributed by atoms with Gasteiger partial charge in [0.2, 0.25) is 5.91 Å². The van der Waals surface area contributed by atoms with Crippen molar-refractivity contribution in [1.29, 1.82) is 0 Å². The van der Waals surface area contributed by atoms with E-state index in [-0.39, 0.29) is 11.8 Å². The first-order valence-corrected chi connectivity index (χ1v) is 10.9. The molecular formula is C23H28N4OS. The molecule has 5 nitrogen and oxygen atoms in total. The van der Waals surface area contributed by atoms with Crippen molar-refractivity contribution in [2.75, 3.05) is 12.3 Å². The van der Waals surface area contributed by atoms with E-state index in [1.54, 1.807) is 11.8 Å². The minimum Gasteiger partial charge on any atom is -0.355 e. The van der Waals surface area contributed by atoms with Gasteiger partial charge in [0.05, 0.1) is 5.92 Å². The number of hydrogen-bond acceptors (Lipinski definition) is 4. The molecule has 2 aromatic carbocycles. The van der Waals surface area contributed by atoms with Gasteiger partial charge >= 0.3 is 0 Å². The Kier molecular flexibility index (Phi) is 7.47. The van der Waals surface area contributed by atoms with E-state index in [0.717, 1.165) is 27.9 Å². The van der Waals surface area contributed by atoms with E-state index in [4.69, 9.17) is 0 Å². The highest BCUT2D eigenvalue weighted by Gasteiger charge is 2.22. The van der Waals surface area contributed by atoms with Crippen LogP contribution in [-0.2, 0) is 18.3 Å². The number of thioether (sulfide) groups is 1. The van der Waals surface area contributed by atoms with Crippen LogP contribution in [0, 0.1) is 5.92 Å². The number of amides is 1. The van der Waals surface area contributed by atoms with Crippen molar-refractivity contribution < 1.29 is 4.79 Å². The van der Waals surface area contributed by atoms with E-state index in [9.17, 15) is 4.79 Å². The molecular weight excluding hydrogens is 380 g/mol. The summed E-state index contributed by atoms with van der Waals surface area (Å²) in [5, 5.41) is 12.6. The molecule has 6 heteroatoms. The van der Waals surface area contributed by atoms with Gasteiger partial charge in [0.25, 0.3) is 0 Å². The van der Waals surface area contributed by atoms with Gasteiger partial charge in [0.1, 0.15) is 5.82 Å². The van der Waals surface area contributed by atoms with Crippen molar-refractivity contribution in [1.82, 2.24) is 20.1 Å². The minimum atomic E-state index is -0.325. The zero-order chi connectivity index (χ0) is 20.6. The summed E-state index contributed by atoms with van der Waals surface area (Å²) in [5.74, 6) is 2.17. The molecule has 0 atom stereocenters. The molecule has 0 aliphatic carbocycles. The summed E-state index contributed by atoms with van der Waals surface area (Å²) in [6.45, 7) is 4.90. The van der Waals surface area contributed by atoms with E-state index >= 15 is 0 Å². The van der Waals surface area contributed by atoms with E-state index in [0.29, 0.717) is 18.9 Å². The largest absolute Gasteiger partial charge is 0.355 e. The summed E-state index contributed by atoms with van der Waals surface area (Å²) in [4.78, 5) is 13.0. The van der Waals surface area contributed by atoms with Crippen molar-refractivity contribution in [3.05, 3.63) is 77.6 Å². The second-order valence-electron chi connectivity index (χ2n) is 7.46. The predicted molar refractivity (Wildman–Crippen MR) is 118 cm³/mol. The molecule has 1 heterocycles. The number of nitrogens with one attached hydrogen (secondary N) is 1. The fraction of sp³-hybridized carbons (Fsp3) is 0.348. The molecule has 3 rings (SSSR count). The number of hydrogen-bond donors (Lipinski definition) is 1. The maximum atomic E-state index is 13.0. The summed E-state index contributed by atoms with van der Waals surface area (Å²) < 4.78 is 2.02. The molecule has 0 spiro atoms. The summed E-state index contributed by atoms with van der Waals surface area (Å²) in [6.07, 6.45) is 0.647. The minimum absolute atomic E-state index is 0.000949. The molecule has 0 unspecified atom stereocenters. The van der Waals surface area contributed by atoms with Crippen LogP contribution in [0.25, 0.3) is 0 Å². The Morgan fingerprint density at radius 3 is 2.14 bits per heavy atom. The highest BCUT2D eigenvalue weighted by atomic mass is 32.2. The number of carbonyl (C=O) groups is 1. The quantitative estimate of drug-likeness (QED) is 0.543. The Bertz CT molecular complexity index is 870. The van der Waals surface area contributed by atoms with Gasteiger partial charge in [0, 0.05) is 25.8 Å². The molecule has 0 bridgehead atoms. The normalized spacial score (nSPS) is 11.2. The number of nitrogens with zero attached hydrogens (tertiary/aromatic N) is 3. The first kappa shape index (κ1) is 21.1. The van der Waals surface area contributed by atoms with Gasteiger partial charge in [0.15, 0.2) is 5.16 Å². The lowest BCUT2D eigenvalue weighted by Gasteiger charge is -2.18. The summed E-state index contributed by atoms with van der Waals surface area (Å²) in [7, 11) is 1.98. The topological polar surface area (TPSA) is 59.8 Å². The number of benzene rings is 2. The van der Waals surface area contributed by atoms with Crippen LogP contribution in [-0.4, -0.2) is 33.0 Å². The van der Waals surface area contributed by atoms with E-state index in [1.807, 2.05) is 72.3 Å². The third-order valence-electron chi connectivity index (χ3n) is 4.65. The van der Waals surface area contributed by atoms with Crippen LogP contribution < -0.4 is 5.32 Å². The van der Waals surface area contributed by atoms with Crippen LogP contribution in [0.3, 0.4) is 0 Å². The standard InChI is InChI=1S/C23H28N4OS/c1-17(2)16-29-23-26-25-20(27(23)3)14-15-24-22(28)21(18-10-6-4-7-11-18)19-12-8-5-9-13-19/h4-13,17,21H,14-16H2,1-3H3,(H,24,28). The van der Waals surface area contributed by atoms with Gasteiger partial charge in [-0.3, -0.25) is 4.79 Å². The van der Waals surface area contributed by atoms with Crippen molar-refractivity contribution in [3.8, 4) is 0 Å². The fourth-order valence-electron chi connectivity index (χ4n) is 3.12. The third kappa shape index (κ3) is 5.70. The molecule has 1 amide bonds. The second-order valence-corrected chi connectivity index (χ2v) is 8.45. The average Bonchev–Trinajstić information content (AvgIpc) is 3.08. The van der Waals surface area contributed by atoms with Crippen LogP contribution >= 0.6 is 11.8 Å². The maximum Gasteiger partial charge on any atom is 0.232 e. The first-order valence-electron chi connectivity index (χ1n) is 9.95. The second kappa shape index (κ2) is 10.3. The molecule has 0 aliphatic heterocycles. The van der Waals surface area contributed by atoms with Crippen LogP contribution in [0.15, 0.2) is 65.8 Å². The lowest BCUT2D eigenvalue weighted by molar-refractivity contribution is -0.121. The Morgan fingerprint density at radius 1 is 1.00 bits per heavy atom. The smallest absolute Gasteiger partial charge is 0.232 e. The maximum absolute atomic E-state index is 13.0. The Hall–Kier alpha value is -2.60. The van der Waals surface area contributed by atoms with Crippen LogP contribution in [0.2, 0.25) is 0 Å². The molecule has 1 aromatic heterocycles. The summed E-state index contributed by atoms with van der Waals surface area (Å²) in [6, 6.07) is 19.8. The van der Waals surface area contributed by atoms with Gasteiger partial charge in [-0.25, -0.2) is 0 Å². The molecule has 0 aliphatic rings. The van der Waals surface area contributed by atoms with E-state index in [2.05, 4.69) is 29.4 Å². The van der Waals surface area contributed by atoms with Gasteiger partial charge in [-0.05, 0) is 17.0 Å². The molecule has 29 heavy (non-hydrogen) atoms. The first-order chi connectivity index (χ1) is 14.1. The summed E-state index contributed by atoms with van der Waals surface area (Å²) in [5.41, 5.74) is 1.98. The van der Waals surface area contributed by atoms with Crippen LogP contribution in [0.4, 0.5) is 0 Å². The van der Waals surface area contributed by atoms with Crippen LogP contribution in [0.5, 0.6) is 0 Å². The SMILES string of the molecule is CC(C)CSc1nnc(CCNC(=O)C(c2ccccc2)c2ccccc2)n1C. The number of carbonyl (C=O) groups excluding carboxylic acids is 1. The highest BCUT2D eigenvalue weighted by molar-refractivity contribution is 7.99. The average molecular weight is 409 g/mol. The summed E-state index contributed by atoms with van der Waals surface area (Å²) >= 11 is 1.72. The molecule has 0 saturated heterocycles. The lowest BCUT2D eigenvalue weighted by atomic mass is 9.90. The van der Waals surface area contributed by atoms with Gasteiger partial charge in [-0.1, -0.05) is 86.3 Å². The lowest BCUT2D eigenvalue weighted by Crippen LogP contribution is -2.32. The molecule has 0 saturated carbocycles. The number of rotatable bonds is 9. The molecule has 3 aromatic rings. The zero-order valence-corrected chi connectivity index (χ0v) is 18.0. The fourth-order valence-corrected chi connectivity index (χ4v) is 4.00. The van der Waals surface area contributed by atoms with Crippen LogP contribution in [0.1, 0.15) is 36.7 Å². The molecule has 152 valence electrons. The molecule has 0 radical (unpaired) electrons. The Labute approximate surface area is 176 Å². The van der Waals surface area contributed by atoms with Gasteiger partial charge in [-0.2, -0.15) is 0 Å². The zero-order valence-electron chi connectivity index (χ0n) is 17.2. The monoisotopic (exact) mass is 408 g/mol. The highest BCUT2D eigenvalue weighted by Crippen LogP contribution is 2.24. The Morgan fingerprint density at radius 2 is 1.59 bits per heavy atom. The van der Waals surface area contributed by atoms with E-state index in [1.165, 1.54) is 0 Å². The van der Waals surface area contributed by atoms with Gasteiger partial charge in [-0.15, -0.1) is 10.2 Å². The molecule has 0 fully saturated rings.